The summed E-state index contributed by atoms with van der Waals surface area (Å²) in [6.07, 6.45) is 1.21. The molecular weight excluding hydrogens is 426 g/mol. The third kappa shape index (κ3) is 5.22. The van der Waals surface area contributed by atoms with E-state index in [1.165, 1.54) is 22.3 Å². The zero-order valence-electron chi connectivity index (χ0n) is 21.5. The second-order valence-electron chi connectivity index (χ2n) is 11.0. The molecule has 0 bridgehead atoms. The second-order valence-corrected chi connectivity index (χ2v) is 11.0. The smallest absolute Gasteiger partial charge is 0.337 e. The van der Waals surface area contributed by atoms with E-state index in [0.717, 1.165) is 67.9 Å². The molecule has 0 aromatic heterocycles. The van der Waals surface area contributed by atoms with E-state index >= 15 is 0 Å². The molecule has 1 N–H and O–H groups in total. The molecule has 0 radical (unpaired) electrons. The minimum atomic E-state index is -1.02. The number of ether oxygens (including phenoxy) is 2. The Hall–Kier alpha value is -2.21. The quantitative estimate of drug-likeness (QED) is 0.570. The highest BCUT2D eigenvalue weighted by atomic mass is 16.5. The highest BCUT2D eigenvalue weighted by molar-refractivity contribution is 5.84. The number of carboxylic acids is 1. The van der Waals surface area contributed by atoms with Gasteiger partial charge in [-0.2, -0.15) is 0 Å². The summed E-state index contributed by atoms with van der Waals surface area (Å²) in [7, 11) is 0. The van der Waals surface area contributed by atoms with E-state index in [-0.39, 0.29) is 0 Å². The summed E-state index contributed by atoms with van der Waals surface area (Å²) in [4.78, 5) is 15.1. The second kappa shape index (κ2) is 9.80. The number of carboxylic acid groups (broad SMARTS) is 1. The van der Waals surface area contributed by atoms with Crippen molar-refractivity contribution in [2.75, 3.05) is 19.8 Å². The lowest BCUT2D eigenvalue weighted by molar-refractivity contribution is -0.160. The monoisotopic (exact) mass is 465 g/mol. The highest BCUT2D eigenvalue weighted by Gasteiger charge is 2.36. The summed E-state index contributed by atoms with van der Waals surface area (Å²) in [6.45, 7) is 16.6. The highest BCUT2D eigenvalue weighted by Crippen LogP contribution is 2.44. The van der Waals surface area contributed by atoms with Crippen LogP contribution < -0.4 is 0 Å². The number of aryl methyl sites for hydroxylation is 1. The van der Waals surface area contributed by atoms with E-state index < -0.39 is 17.7 Å². The van der Waals surface area contributed by atoms with Crippen LogP contribution in [0.4, 0.5) is 0 Å². The molecule has 0 spiro atoms. The summed E-state index contributed by atoms with van der Waals surface area (Å²) in [5, 5.41) is 10.3. The molecule has 1 atom stereocenters. The van der Waals surface area contributed by atoms with Crippen molar-refractivity contribution in [1.82, 2.24) is 4.90 Å². The van der Waals surface area contributed by atoms with Gasteiger partial charge in [-0.1, -0.05) is 29.8 Å². The maximum Gasteiger partial charge on any atom is 0.337 e. The van der Waals surface area contributed by atoms with Gasteiger partial charge in [0, 0.05) is 38.4 Å². The maximum atomic E-state index is 12.6. The molecule has 34 heavy (non-hydrogen) atoms. The Morgan fingerprint density at radius 3 is 2.21 bits per heavy atom. The van der Waals surface area contributed by atoms with Crippen LogP contribution in [-0.2, 0) is 27.4 Å². The predicted octanol–water partition coefficient (Wildman–Crippen LogP) is 5.96. The first-order chi connectivity index (χ1) is 16.0. The molecule has 5 heteroatoms. The molecule has 0 aliphatic carbocycles. The summed E-state index contributed by atoms with van der Waals surface area (Å²) >= 11 is 0. The number of nitrogens with zero attached hydrogens (tertiary/aromatic N) is 1. The van der Waals surface area contributed by atoms with Crippen LogP contribution in [0.2, 0.25) is 0 Å². The van der Waals surface area contributed by atoms with Crippen LogP contribution in [0, 0.1) is 26.7 Å². The first kappa shape index (κ1) is 24.9. The Labute approximate surface area is 204 Å². The summed E-state index contributed by atoms with van der Waals surface area (Å²) in [6, 6.07) is 8.41. The standard InChI is InChI=1S/C29H39NO4/c1-18-7-9-22(10-8-18)25-19(2)23-16-30(15-21-11-13-33-14-12-21)17-24(23)20(3)26(25)27(28(31)32)34-29(4,5)6/h7-10,21,27H,11-17H2,1-6H3,(H,31,32). The molecule has 4 rings (SSSR count). The zero-order chi connectivity index (χ0) is 24.6. The number of aliphatic carboxylic acids is 1. The Balaban J connectivity index is 1.82. The molecule has 0 saturated carbocycles. The molecule has 1 saturated heterocycles. The lowest BCUT2D eigenvalue weighted by Crippen LogP contribution is -2.29. The van der Waals surface area contributed by atoms with Crippen LogP contribution >= 0.6 is 0 Å². The molecule has 2 aliphatic rings. The van der Waals surface area contributed by atoms with Crippen LogP contribution in [0.15, 0.2) is 24.3 Å². The van der Waals surface area contributed by atoms with Crippen molar-refractivity contribution in [2.24, 2.45) is 5.92 Å². The van der Waals surface area contributed by atoms with Crippen LogP contribution in [0.3, 0.4) is 0 Å². The third-order valence-corrected chi connectivity index (χ3v) is 7.24. The van der Waals surface area contributed by atoms with E-state index in [9.17, 15) is 9.90 Å². The van der Waals surface area contributed by atoms with Gasteiger partial charge < -0.3 is 14.6 Å². The molecule has 2 aromatic carbocycles. The fourth-order valence-corrected chi connectivity index (χ4v) is 5.52. The maximum absolute atomic E-state index is 12.6. The first-order valence-electron chi connectivity index (χ1n) is 12.5. The van der Waals surface area contributed by atoms with E-state index in [2.05, 4.69) is 49.9 Å². The van der Waals surface area contributed by atoms with Gasteiger partial charge in [0.1, 0.15) is 0 Å². The predicted molar refractivity (Wildman–Crippen MR) is 135 cm³/mol. The number of carbonyl (C=O) groups is 1. The van der Waals surface area contributed by atoms with Crippen molar-refractivity contribution in [2.45, 2.75) is 79.2 Å². The number of hydrogen-bond donors (Lipinski definition) is 1. The number of rotatable bonds is 6. The van der Waals surface area contributed by atoms with Gasteiger partial charge in [0.2, 0.25) is 0 Å². The van der Waals surface area contributed by atoms with Crippen molar-refractivity contribution >= 4 is 5.97 Å². The van der Waals surface area contributed by atoms with E-state index in [0.29, 0.717) is 5.92 Å². The van der Waals surface area contributed by atoms with Gasteiger partial charge in [-0.3, -0.25) is 4.90 Å². The zero-order valence-corrected chi connectivity index (χ0v) is 21.5. The average Bonchev–Trinajstić information content (AvgIpc) is 3.20. The Morgan fingerprint density at radius 1 is 1.06 bits per heavy atom. The topological polar surface area (TPSA) is 59.0 Å². The van der Waals surface area contributed by atoms with Crippen LogP contribution in [-0.4, -0.2) is 41.3 Å². The average molecular weight is 466 g/mol. The summed E-state index contributed by atoms with van der Waals surface area (Å²) in [5.74, 6) is -0.279. The minimum absolute atomic E-state index is 0.581. The number of hydrogen-bond acceptors (Lipinski definition) is 4. The molecule has 184 valence electrons. The molecule has 1 unspecified atom stereocenters. The number of benzene rings is 2. The van der Waals surface area contributed by atoms with E-state index in [1.54, 1.807) is 0 Å². The lowest BCUT2D eigenvalue weighted by atomic mass is 9.83. The van der Waals surface area contributed by atoms with Gasteiger partial charge >= 0.3 is 5.97 Å². The SMILES string of the molecule is Cc1ccc(-c2c(C)c3c(c(C)c2C(OC(C)(C)C)C(=O)O)CN(CC2CCOCC2)C3)cc1. The van der Waals surface area contributed by atoms with Crippen LogP contribution in [0.25, 0.3) is 11.1 Å². The van der Waals surface area contributed by atoms with Gasteiger partial charge in [0.05, 0.1) is 5.60 Å². The summed E-state index contributed by atoms with van der Waals surface area (Å²) in [5.41, 5.74) is 8.33. The van der Waals surface area contributed by atoms with Crippen LogP contribution in [0.1, 0.15) is 73.1 Å². The minimum Gasteiger partial charge on any atom is -0.479 e. The van der Waals surface area contributed by atoms with Crippen molar-refractivity contribution in [3.8, 4) is 11.1 Å². The largest absolute Gasteiger partial charge is 0.479 e. The summed E-state index contributed by atoms with van der Waals surface area (Å²) < 4.78 is 11.7. The van der Waals surface area contributed by atoms with Crippen molar-refractivity contribution < 1.29 is 19.4 Å². The van der Waals surface area contributed by atoms with Gasteiger partial charge in [0.25, 0.3) is 0 Å². The van der Waals surface area contributed by atoms with Gasteiger partial charge in [-0.05, 0) is 93.7 Å². The normalized spacial score (nSPS) is 18.2. The van der Waals surface area contributed by atoms with Gasteiger partial charge in [0.15, 0.2) is 6.10 Å². The van der Waals surface area contributed by atoms with Crippen molar-refractivity contribution in [3.05, 3.63) is 57.6 Å². The third-order valence-electron chi connectivity index (χ3n) is 7.24. The first-order valence-corrected chi connectivity index (χ1v) is 12.5. The Kier molecular flexibility index (Phi) is 7.18. The molecule has 0 amide bonds. The van der Waals surface area contributed by atoms with Crippen molar-refractivity contribution in [3.63, 3.8) is 0 Å². The lowest BCUT2D eigenvalue weighted by Gasteiger charge is -2.30. The van der Waals surface area contributed by atoms with Gasteiger partial charge in [-0.15, -0.1) is 0 Å². The van der Waals surface area contributed by atoms with E-state index in [1.807, 2.05) is 20.8 Å². The molecule has 2 aliphatic heterocycles. The fourth-order valence-electron chi connectivity index (χ4n) is 5.52. The van der Waals surface area contributed by atoms with Crippen molar-refractivity contribution in [1.29, 1.82) is 0 Å². The Bertz CT molecular complexity index is 1050. The molecular formula is C29H39NO4. The molecule has 5 nitrogen and oxygen atoms in total. The van der Waals surface area contributed by atoms with E-state index in [4.69, 9.17) is 9.47 Å². The molecule has 2 heterocycles. The fraction of sp³-hybridized carbons (Fsp3) is 0.552. The van der Waals surface area contributed by atoms with Gasteiger partial charge in [-0.25, -0.2) is 4.79 Å². The Morgan fingerprint density at radius 2 is 1.65 bits per heavy atom. The number of fused-ring (bicyclic) bond motifs is 1. The van der Waals surface area contributed by atoms with Crippen LogP contribution in [0.5, 0.6) is 0 Å². The molecule has 2 aromatic rings. The molecule has 1 fully saturated rings.